The second-order valence-electron chi connectivity index (χ2n) is 12.1. The first kappa shape index (κ1) is 34.7. The minimum atomic E-state index is -0.390. The molecule has 1 radical (unpaired) electrons. The van der Waals surface area contributed by atoms with Crippen molar-refractivity contribution in [2.24, 2.45) is 0 Å². The first-order chi connectivity index (χ1) is 27.4. The smallest absolute Gasteiger partial charge is 0.166 e. The van der Waals surface area contributed by atoms with E-state index in [1.165, 1.54) is 0 Å². The minimum absolute atomic E-state index is 0. The number of benzene rings is 4. The Hall–Kier alpha value is -9.33. The maximum atomic E-state index is 10.5. The van der Waals surface area contributed by atoms with E-state index >= 15 is 0 Å². The van der Waals surface area contributed by atoms with E-state index in [0.717, 1.165) is 0 Å². The van der Waals surface area contributed by atoms with Crippen molar-refractivity contribution in [3.05, 3.63) is 93.0 Å². The predicted molar refractivity (Wildman–Crippen MR) is 194 cm³/mol. The molecule has 4 aromatic carbocycles. The largest absolute Gasteiger partial charge is 0.324 e. The summed E-state index contributed by atoms with van der Waals surface area (Å²) in [7, 11) is 0. The Morgan fingerprint density at radius 3 is 1.09 bits per heavy atom. The van der Waals surface area contributed by atoms with E-state index in [1.807, 2.05) is 60.7 Å². The number of hydrogen-bond acceptors (Lipinski definition) is 14. The van der Waals surface area contributed by atoms with Crippen molar-refractivity contribution in [2.75, 3.05) is 0 Å². The van der Waals surface area contributed by atoms with Gasteiger partial charge in [-0.1, -0.05) is 48.5 Å². The summed E-state index contributed by atoms with van der Waals surface area (Å²) >= 11 is 0. The second kappa shape index (κ2) is 13.0. The van der Waals surface area contributed by atoms with Gasteiger partial charge in [0.2, 0.25) is 0 Å². The van der Waals surface area contributed by atoms with Gasteiger partial charge in [0, 0.05) is 49.5 Å². The van der Waals surface area contributed by atoms with Crippen molar-refractivity contribution in [2.45, 2.75) is 0 Å². The molecule has 9 rings (SSSR count). The third kappa shape index (κ3) is 4.71. The molecule has 16 nitrogen and oxygen atoms in total. The number of aromatic nitrogens is 8. The summed E-state index contributed by atoms with van der Waals surface area (Å²) in [5.74, 6) is 0.00104. The molecular formula is C40H10CoN16. The van der Waals surface area contributed by atoms with Gasteiger partial charge in [0.15, 0.2) is 23.3 Å². The average molecular weight is 774 g/mol. The monoisotopic (exact) mass is 773 g/mol. The van der Waals surface area contributed by atoms with Gasteiger partial charge >= 0.3 is 0 Å². The Kier molecular flexibility index (Phi) is 7.90. The van der Waals surface area contributed by atoms with Crippen molar-refractivity contribution >= 4 is 44.1 Å². The summed E-state index contributed by atoms with van der Waals surface area (Å²) in [6.45, 7) is 0. The fourth-order valence-corrected chi connectivity index (χ4v) is 7.10. The molecule has 0 saturated carbocycles. The summed E-state index contributed by atoms with van der Waals surface area (Å²) in [6.07, 6.45) is 0. The normalized spacial score (nSPS) is 10.5. The van der Waals surface area contributed by atoms with Crippen molar-refractivity contribution in [3.63, 3.8) is 0 Å². The minimum Gasteiger partial charge on any atom is -0.324 e. The summed E-state index contributed by atoms with van der Waals surface area (Å²) in [5, 5.41) is 83.6. The Balaban J connectivity index is 0.00000455. The van der Waals surface area contributed by atoms with Crippen LogP contribution in [0, 0.1) is 90.6 Å². The Morgan fingerprint density at radius 2 is 0.667 bits per heavy atom. The number of nitriles is 8. The van der Waals surface area contributed by atoms with E-state index in [2.05, 4.69) is 15.0 Å². The molecular weight excluding hydrogens is 763 g/mol. The molecule has 5 heterocycles. The molecule has 8 bridgehead atoms. The standard InChI is InChI=1S/C40H10N16.Co/c41-9-21-23(11-43)27(15-47)31-29(25(21)13-45)37-52-35-19-7-3-1-5-17(19)33(50-35)49-34-18-6-2-4-8-20(18)36(51-34)53-38-30-26(14-46)22(10-42)24(12-44)28(16-48)32(30)40(55-38)56-39(31)54-37;/h1-8H,(H2,49,50,51,52,53,54,55,56);. The third-order valence-electron chi connectivity index (χ3n) is 9.43. The quantitative estimate of drug-likeness (QED) is 0.183. The van der Waals surface area contributed by atoms with Gasteiger partial charge in [-0.05, 0) is 0 Å². The zero-order valence-electron chi connectivity index (χ0n) is 28.2. The van der Waals surface area contributed by atoms with E-state index < -0.39 is 5.56 Å². The van der Waals surface area contributed by atoms with Crippen molar-refractivity contribution in [3.8, 4) is 94.1 Å². The van der Waals surface area contributed by atoms with Crippen LogP contribution in [0.4, 0.5) is 0 Å². The number of nitrogens with zero attached hydrogens (tertiary/aromatic N) is 14. The maximum absolute atomic E-state index is 10.5. The molecule has 259 valence electrons. The van der Waals surface area contributed by atoms with Gasteiger partial charge in [-0.3, -0.25) is 0 Å². The molecule has 0 unspecified atom stereocenters. The topological polar surface area (TPSA) is 299 Å². The Bertz CT molecular complexity index is 3590. The molecule has 17 heteroatoms. The van der Waals surface area contributed by atoms with Gasteiger partial charge in [-0.15, -0.1) is 0 Å². The molecule has 0 spiro atoms. The van der Waals surface area contributed by atoms with Crippen LogP contribution < -0.4 is 0 Å². The summed E-state index contributed by atoms with van der Waals surface area (Å²) in [4.78, 5) is 34.9. The Labute approximate surface area is 328 Å². The molecule has 7 aromatic rings. The van der Waals surface area contributed by atoms with E-state index in [9.17, 15) is 42.1 Å². The van der Waals surface area contributed by atoms with Crippen LogP contribution in [0.5, 0.6) is 0 Å². The molecule has 2 aliphatic rings. The fraction of sp³-hybridized carbons (Fsp3) is 0. The zero-order valence-corrected chi connectivity index (χ0v) is 29.3. The van der Waals surface area contributed by atoms with Gasteiger partial charge < -0.3 is 9.97 Å². The van der Waals surface area contributed by atoms with Gasteiger partial charge in [-0.25, -0.2) is 29.9 Å². The van der Waals surface area contributed by atoms with Crippen LogP contribution >= 0.6 is 0 Å². The number of nitrogens with one attached hydrogen (secondary N) is 2. The molecule has 2 N–H and O–H groups in total. The number of aromatic amines is 2. The van der Waals surface area contributed by atoms with Gasteiger partial charge in [0.25, 0.3) is 0 Å². The molecule has 0 saturated heterocycles. The van der Waals surface area contributed by atoms with Gasteiger partial charge in [-0.2, -0.15) is 42.1 Å². The van der Waals surface area contributed by atoms with Crippen molar-refractivity contribution < 1.29 is 16.8 Å². The molecule has 0 fully saturated rings. The maximum Gasteiger partial charge on any atom is 0.166 e. The van der Waals surface area contributed by atoms with Crippen LogP contribution in [0.15, 0.2) is 48.5 Å². The number of H-pyrrole nitrogens is 2. The van der Waals surface area contributed by atoms with Crippen LogP contribution in [0.1, 0.15) is 44.5 Å². The van der Waals surface area contributed by atoms with E-state index in [0.29, 0.717) is 27.5 Å². The predicted octanol–water partition coefficient (Wildman–Crippen LogP) is 5.84. The Morgan fingerprint density at radius 1 is 0.351 bits per heavy atom. The van der Waals surface area contributed by atoms with Crippen molar-refractivity contribution in [1.29, 1.82) is 42.1 Å². The summed E-state index contributed by atoms with van der Waals surface area (Å²) < 4.78 is 0. The van der Waals surface area contributed by atoms with E-state index in [1.54, 1.807) is 36.4 Å². The third-order valence-corrected chi connectivity index (χ3v) is 9.43. The average Bonchev–Trinajstić information content (AvgIpc) is 3.97. The molecule has 2 aliphatic heterocycles. The zero-order chi connectivity index (χ0) is 38.8. The van der Waals surface area contributed by atoms with Gasteiger partial charge in [0.05, 0.1) is 55.6 Å². The van der Waals surface area contributed by atoms with Crippen LogP contribution in [0.2, 0.25) is 0 Å². The molecule has 0 atom stereocenters. The van der Waals surface area contributed by atoms with Crippen LogP contribution in [-0.2, 0) is 16.8 Å². The van der Waals surface area contributed by atoms with Crippen LogP contribution in [0.25, 0.3) is 89.7 Å². The van der Waals surface area contributed by atoms with Gasteiger partial charge in [0.1, 0.15) is 71.1 Å². The second-order valence-corrected chi connectivity index (χ2v) is 12.1. The van der Waals surface area contributed by atoms with Crippen LogP contribution in [-0.4, -0.2) is 39.9 Å². The SMILES string of the molecule is N#Cc1c(C#N)c(C#N)c2c(c1C#N)-c1nc-2nc2[nH]c(nc3nc(nc4[nH]c(n1)c1ccccc41)-c1ccccc1-3)c1c(C#N)c(C#N)c(C#N)c(C#N)c21.[Co]. The number of fused-ring (bicyclic) bond motifs is 20. The van der Waals surface area contributed by atoms with Crippen molar-refractivity contribution in [1.82, 2.24) is 39.9 Å². The summed E-state index contributed by atoms with van der Waals surface area (Å²) in [6, 6.07) is 29.8. The molecule has 0 amide bonds. The molecule has 57 heavy (non-hydrogen) atoms. The molecule has 0 aliphatic carbocycles. The van der Waals surface area contributed by atoms with E-state index in [-0.39, 0.29) is 118 Å². The first-order valence-electron chi connectivity index (χ1n) is 16.1. The number of rotatable bonds is 0. The van der Waals surface area contributed by atoms with E-state index in [4.69, 9.17) is 24.9 Å². The number of hydrogen-bond donors (Lipinski definition) is 2. The summed E-state index contributed by atoms with van der Waals surface area (Å²) in [5.41, 5.74) is -1.32. The van der Waals surface area contributed by atoms with Crippen LogP contribution in [0.3, 0.4) is 0 Å². The fourth-order valence-electron chi connectivity index (χ4n) is 7.10. The first-order valence-corrected chi connectivity index (χ1v) is 16.1. The molecule has 3 aromatic heterocycles.